The van der Waals surface area contributed by atoms with E-state index in [1.54, 1.807) is 7.11 Å². The highest BCUT2D eigenvalue weighted by molar-refractivity contribution is 6.13. The smallest absolute Gasteiger partial charge is 0.260 e. The van der Waals surface area contributed by atoms with Crippen LogP contribution in [-0.2, 0) is 0 Å². The number of benzene rings is 2. The Hall–Kier alpha value is -3.01. The van der Waals surface area contributed by atoms with Crippen LogP contribution in [0.1, 0.15) is 44.0 Å². The molecule has 146 valence electrons. The average Bonchev–Trinajstić information content (AvgIpc) is 2.80. The van der Waals surface area contributed by atoms with Crippen LogP contribution in [0.4, 0.5) is 17.1 Å². The van der Waals surface area contributed by atoms with E-state index in [1.807, 2.05) is 47.4 Å². The van der Waals surface area contributed by atoms with Gasteiger partial charge in [-0.05, 0) is 57.9 Å². The summed E-state index contributed by atoms with van der Waals surface area (Å²) in [4.78, 5) is 15.1. The van der Waals surface area contributed by atoms with Crippen LogP contribution in [0.5, 0.6) is 5.75 Å². The summed E-state index contributed by atoms with van der Waals surface area (Å²) >= 11 is 0. The standard InChI is InChI=1S/C24H28N2O2/c1-17(2)8-7-9-18(3)14-15-26-23-16-19(28-4)12-13-22(23)25-21-11-6-5-10-20(21)24(26)27/h5-6,8,10-14,16,25H,7,9,15H2,1-4H3/b18-14+. The third-order valence-corrected chi connectivity index (χ3v) is 4.88. The maximum atomic E-state index is 13.3. The molecule has 2 aromatic carbocycles. The zero-order valence-corrected chi connectivity index (χ0v) is 17.1. The van der Waals surface area contributed by atoms with Crippen LogP contribution in [0.3, 0.4) is 0 Å². The largest absolute Gasteiger partial charge is 0.497 e. The molecule has 1 aliphatic rings. The normalized spacial score (nSPS) is 13.2. The molecule has 4 heteroatoms. The van der Waals surface area contributed by atoms with Crippen LogP contribution in [0, 0.1) is 0 Å². The lowest BCUT2D eigenvalue weighted by atomic mass is 10.1. The number of rotatable bonds is 6. The highest BCUT2D eigenvalue weighted by Crippen LogP contribution is 2.37. The second-order valence-electron chi connectivity index (χ2n) is 7.34. The van der Waals surface area contributed by atoms with Crippen molar-refractivity contribution in [2.45, 2.75) is 33.6 Å². The van der Waals surface area contributed by atoms with Gasteiger partial charge in [0.2, 0.25) is 0 Å². The molecular formula is C24H28N2O2. The van der Waals surface area contributed by atoms with Gasteiger partial charge in [0.05, 0.1) is 29.7 Å². The van der Waals surface area contributed by atoms with Crippen molar-refractivity contribution in [3.05, 3.63) is 71.3 Å². The van der Waals surface area contributed by atoms with E-state index in [2.05, 4.69) is 38.2 Å². The van der Waals surface area contributed by atoms with E-state index in [-0.39, 0.29) is 5.91 Å². The summed E-state index contributed by atoms with van der Waals surface area (Å²) in [5.41, 5.74) is 5.84. The van der Waals surface area contributed by atoms with Gasteiger partial charge in [-0.25, -0.2) is 0 Å². The molecule has 1 aliphatic heterocycles. The van der Waals surface area contributed by atoms with Gasteiger partial charge in [-0.1, -0.05) is 35.4 Å². The number of para-hydroxylation sites is 1. The number of carbonyl (C=O) groups excluding carboxylic acids is 1. The molecule has 1 heterocycles. The van der Waals surface area contributed by atoms with Crippen molar-refractivity contribution in [2.75, 3.05) is 23.9 Å². The number of anilines is 3. The number of hydrogen-bond donors (Lipinski definition) is 1. The van der Waals surface area contributed by atoms with Crippen LogP contribution in [0.2, 0.25) is 0 Å². The van der Waals surface area contributed by atoms with Gasteiger partial charge in [0.15, 0.2) is 0 Å². The molecular weight excluding hydrogens is 348 g/mol. The first kappa shape index (κ1) is 19.7. The number of nitrogens with one attached hydrogen (secondary N) is 1. The van der Waals surface area contributed by atoms with E-state index in [4.69, 9.17) is 4.74 Å². The molecule has 0 bridgehead atoms. The fourth-order valence-corrected chi connectivity index (χ4v) is 3.26. The summed E-state index contributed by atoms with van der Waals surface area (Å²) in [5.74, 6) is 0.719. The summed E-state index contributed by atoms with van der Waals surface area (Å²) in [6.07, 6.45) is 6.41. The summed E-state index contributed by atoms with van der Waals surface area (Å²) in [6, 6.07) is 13.4. The number of ether oxygens (including phenoxy) is 1. The fourth-order valence-electron chi connectivity index (χ4n) is 3.26. The molecule has 0 atom stereocenters. The van der Waals surface area contributed by atoms with Gasteiger partial charge >= 0.3 is 0 Å². The summed E-state index contributed by atoms with van der Waals surface area (Å²) in [6.45, 7) is 6.88. The van der Waals surface area contributed by atoms with Gasteiger partial charge in [-0.2, -0.15) is 0 Å². The Morgan fingerprint density at radius 2 is 1.86 bits per heavy atom. The molecule has 0 spiro atoms. The van der Waals surface area contributed by atoms with Gasteiger partial charge in [0.25, 0.3) is 5.91 Å². The van der Waals surface area contributed by atoms with Crippen molar-refractivity contribution in [1.82, 2.24) is 0 Å². The Morgan fingerprint density at radius 1 is 1.07 bits per heavy atom. The van der Waals surface area contributed by atoms with E-state index in [0.29, 0.717) is 12.1 Å². The van der Waals surface area contributed by atoms with Crippen LogP contribution in [0.15, 0.2) is 65.8 Å². The van der Waals surface area contributed by atoms with Crippen molar-refractivity contribution < 1.29 is 9.53 Å². The van der Waals surface area contributed by atoms with E-state index in [1.165, 1.54) is 11.1 Å². The van der Waals surface area contributed by atoms with Crippen molar-refractivity contribution >= 4 is 23.0 Å². The Morgan fingerprint density at radius 3 is 2.61 bits per heavy atom. The maximum Gasteiger partial charge on any atom is 0.260 e. The number of amides is 1. The molecule has 1 amide bonds. The SMILES string of the molecule is COc1ccc2c(c1)N(C/C=C(\C)CCC=C(C)C)C(=O)c1ccccc1N2. The molecule has 0 saturated heterocycles. The number of nitrogens with zero attached hydrogens (tertiary/aromatic N) is 1. The second kappa shape index (κ2) is 8.79. The van der Waals surface area contributed by atoms with Crippen molar-refractivity contribution in [3.8, 4) is 5.75 Å². The van der Waals surface area contributed by atoms with E-state index < -0.39 is 0 Å². The molecule has 2 aromatic rings. The summed E-state index contributed by atoms with van der Waals surface area (Å²) < 4.78 is 5.40. The third-order valence-electron chi connectivity index (χ3n) is 4.88. The van der Waals surface area contributed by atoms with Gasteiger partial charge in [-0.15, -0.1) is 0 Å². The van der Waals surface area contributed by atoms with Crippen molar-refractivity contribution in [2.24, 2.45) is 0 Å². The summed E-state index contributed by atoms with van der Waals surface area (Å²) in [5, 5.41) is 3.40. The molecule has 0 aliphatic carbocycles. The Kier molecular flexibility index (Phi) is 6.19. The topological polar surface area (TPSA) is 41.6 Å². The van der Waals surface area contributed by atoms with Crippen LogP contribution in [-0.4, -0.2) is 19.6 Å². The van der Waals surface area contributed by atoms with Gasteiger partial charge in [-0.3, -0.25) is 4.79 Å². The zero-order valence-electron chi connectivity index (χ0n) is 17.1. The van der Waals surface area contributed by atoms with Crippen LogP contribution < -0.4 is 15.0 Å². The highest BCUT2D eigenvalue weighted by Gasteiger charge is 2.26. The van der Waals surface area contributed by atoms with E-state index in [9.17, 15) is 4.79 Å². The molecule has 0 fully saturated rings. The molecule has 28 heavy (non-hydrogen) atoms. The lowest BCUT2D eigenvalue weighted by Crippen LogP contribution is -2.30. The van der Waals surface area contributed by atoms with Gasteiger partial charge in [0, 0.05) is 12.6 Å². The fraction of sp³-hybridized carbons (Fsp3) is 0.292. The maximum absolute atomic E-state index is 13.3. The first-order valence-corrected chi connectivity index (χ1v) is 9.64. The first-order valence-electron chi connectivity index (χ1n) is 9.64. The minimum Gasteiger partial charge on any atom is -0.497 e. The number of allylic oxidation sites excluding steroid dienone is 3. The Balaban J connectivity index is 1.93. The second-order valence-corrected chi connectivity index (χ2v) is 7.34. The van der Waals surface area contributed by atoms with Crippen LogP contribution in [0.25, 0.3) is 0 Å². The molecule has 0 radical (unpaired) electrons. The highest BCUT2D eigenvalue weighted by atomic mass is 16.5. The molecule has 4 nitrogen and oxygen atoms in total. The molecule has 1 N–H and O–H groups in total. The minimum absolute atomic E-state index is 0.0107. The molecule has 0 aromatic heterocycles. The molecule has 0 unspecified atom stereocenters. The van der Waals surface area contributed by atoms with Crippen LogP contribution >= 0.6 is 0 Å². The lowest BCUT2D eigenvalue weighted by molar-refractivity contribution is 0.0991. The third kappa shape index (κ3) is 4.45. The lowest BCUT2D eigenvalue weighted by Gasteiger charge is -2.22. The van der Waals surface area contributed by atoms with E-state index >= 15 is 0 Å². The van der Waals surface area contributed by atoms with Crippen molar-refractivity contribution in [3.63, 3.8) is 0 Å². The first-order chi connectivity index (χ1) is 13.5. The van der Waals surface area contributed by atoms with Gasteiger partial charge in [0.1, 0.15) is 5.75 Å². The predicted octanol–water partition coefficient (Wildman–Crippen LogP) is 6.09. The number of carbonyl (C=O) groups is 1. The quantitative estimate of drug-likeness (QED) is 0.620. The zero-order chi connectivity index (χ0) is 20.1. The molecule has 0 saturated carbocycles. The monoisotopic (exact) mass is 376 g/mol. The molecule has 3 rings (SSSR count). The Bertz CT molecular complexity index is 924. The van der Waals surface area contributed by atoms with E-state index in [0.717, 1.165) is 35.7 Å². The predicted molar refractivity (Wildman–Crippen MR) is 117 cm³/mol. The average molecular weight is 377 g/mol. The van der Waals surface area contributed by atoms with Crippen molar-refractivity contribution in [1.29, 1.82) is 0 Å². The minimum atomic E-state index is -0.0107. The number of fused-ring (bicyclic) bond motifs is 2. The van der Waals surface area contributed by atoms with Gasteiger partial charge < -0.3 is 15.0 Å². The number of hydrogen-bond acceptors (Lipinski definition) is 3. The number of methoxy groups -OCH3 is 1. The Labute approximate surface area is 167 Å². The summed E-state index contributed by atoms with van der Waals surface area (Å²) in [7, 11) is 1.64.